The number of carbonyl (C=O) groups excluding carboxylic acids is 1. The average molecular weight is 475 g/mol. The van der Waals surface area contributed by atoms with Gasteiger partial charge in [-0.2, -0.15) is 0 Å². The number of aromatic carboxylic acids is 1. The monoisotopic (exact) mass is 474 g/mol. The summed E-state index contributed by atoms with van der Waals surface area (Å²) in [6, 6.07) is 13.8. The second-order valence-electron chi connectivity index (χ2n) is 10.6. The number of carboxylic acids is 1. The average Bonchev–Trinajstić information content (AvgIpc) is 2.81. The first-order valence-electron chi connectivity index (χ1n) is 12.1. The smallest absolute Gasteiger partial charge is 0.336 e. The lowest BCUT2D eigenvalue weighted by molar-refractivity contribution is -0.0503. The molecule has 4 bridgehead atoms. The van der Waals surface area contributed by atoms with Crippen LogP contribution in [0.25, 0.3) is 22.2 Å². The third-order valence-electron chi connectivity index (χ3n) is 8.27. The summed E-state index contributed by atoms with van der Waals surface area (Å²) >= 11 is 6.51. The second kappa shape index (κ2) is 8.09. The van der Waals surface area contributed by atoms with Gasteiger partial charge in [-0.3, -0.25) is 4.79 Å². The van der Waals surface area contributed by atoms with Crippen LogP contribution in [-0.4, -0.2) is 28.5 Å². The molecule has 1 heterocycles. The van der Waals surface area contributed by atoms with E-state index in [1.807, 2.05) is 6.07 Å². The van der Waals surface area contributed by atoms with Crippen LogP contribution in [0.1, 0.15) is 59.2 Å². The van der Waals surface area contributed by atoms with E-state index in [1.54, 1.807) is 42.5 Å². The Bertz CT molecular complexity index is 1280. The van der Waals surface area contributed by atoms with E-state index < -0.39 is 5.97 Å². The van der Waals surface area contributed by atoms with Gasteiger partial charge in [-0.15, -0.1) is 0 Å². The van der Waals surface area contributed by atoms with Gasteiger partial charge in [0.1, 0.15) is 0 Å². The predicted molar refractivity (Wildman–Crippen MR) is 132 cm³/mol. The molecule has 4 aliphatic rings. The van der Waals surface area contributed by atoms with Gasteiger partial charge in [0.15, 0.2) is 0 Å². The first-order valence-corrected chi connectivity index (χ1v) is 12.5. The Labute approximate surface area is 203 Å². The highest BCUT2D eigenvalue weighted by atomic mass is 35.5. The van der Waals surface area contributed by atoms with Gasteiger partial charge in [-0.1, -0.05) is 29.8 Å². The second-order valence-corrected chi connectivity index (χ2v) is 11.0. The van der Waals surface area contributed by atoms with Gasteiger partial charge in [0.2, 0.25) is 0 Å². The largest absolute Gasteiger partial charge is 0.478 e. The third-order valence-corrected chi connectivity index (χ3v) is 8.58. The molecule has 1 amide bonds. The molecule has 174 valence electrons. The summed E-state index contributed by atoms with van der Waals surface area (Å²) in [5.74, 6) is 1.34. The van der Waals surface area contributed by atoms with Crippen molar-refractivity contribution in [1.29, 1.82) is 0 Å². The van der Waals surface area contributed by atoms with E-state index in [1.165, 1.54) is 38.5 Å². The molecule has 0 atom stereocenters. The summed E-state index contributed by atoms with van der Waals surface area (Å²) in [6.45, 7) is 0.708. The molecule has 0 radical (unpaired) electrons. The molecule has 2 aromatic carbocycles. The van der Waals surface area contributed by atoms with E-state index in [4.69, 9.17) is 11.6 Å². The van der Waals surface area contributed by atoms with Crippen molar-refractivity contribution in [2.24, 2.45) is 23.2 Å². The van der Waals surface area contributed by atoms with Gasteiger partial charge in [0.05, 0.1) is 27.4 Å². The summed E-state index contributed by atoms with van der Waals surface area (Å²) in [5, 5.41) is 13.8. The van der Waals surface area contributed by atoms with Gasteiger partial charge >= 0.3 is 5.97 Å². The summed E-state index contributed by atoms with van der Waals surface area (Å²) in [4.78, 5) is 29.7. The van der Waals surface area contributed by atoms with E-state index in [0.29, 0.717) is 39.3 Å². The van der Waals surface area contributed by atoms with Crippen LogP contribution in [0.4, 0.5) is 0 Å². The van der Waals surface area contributed by atoms with Crippen molar-refractivity contribution in [3.8, 4) is 11.3 Å². The van der Waals surface area contributed by atoms with E-state index in [2.05, 4.69) is 10.3 Å². The number of benzene rings is 2. The van der Waals surface area contributed by atoms with Crippen LogP contribution >= 0.6 is 11.6 Å². The number of pyridine rings is 1. The fraction of sp³-hybridized carbons (Fsp3) is 0.393. The number of hydrogen-bond acceptors (Lipinski definition) is 3. The number of carboxylic acid groups (broad SMARTS) is 1. The lowest BCUT2D eigenvalue weighted by Gasteiger charge is -2.56. The van der Waals surface area contributed by atoms with Gasteiger partial charge in [-0.25, -0.2) is 9.78 Å². The van der Waals surface area contributed by atoms with Crippen molar-refractivity contribution in [3.63, 3.8) is 0 Å². The summed E-state index contributed by atoms with van der Waals surface area (Å²) in [7, 11) is 0. The maximum atomic E-state index is 13.4. The first kappa shape index (κ1) is 21.6. The Kier molecular flexibility index (Phi) is 5.14. The van der Waals surface area contributed by atoms with Crippen LogP contribution in [0.5, 0.6) is 0 Å². The number of fused-ring (bicyclic) bond motifs is 1. The highest BCUT2D eigenvalue weighted by molar-refractivity contribution is 6.35. The topological polar surface area (TPSA) is 79.3 Å². The molecular formula is C28H27ClN2O3. The normalized spacial score (nSPS) is 27.1. The molecule has 1 aromatic heterocycles. The van der Waals surface area contributed by atoms with Gasteiger partial charge < -0.3 is 10.4 Å². The molecule has 0 saturated heterocycles. The number of halogens is 1. The fourth-order valence-electron chi connectivity index (χ4n) is 7.31. The summed E-state index contributed by atoms with van der Waals surface area (Å²) in [5.41, 5.74) is 2.58. The highest BCUT2D eigenvalue weighted by Crippen LogP contribution is 2.59. The van der Waals surface area contributed by atoms with Crippen LogP contribution in [0.3, 0.4) is 0 Å². The first-order chi connectivity index (χ1) is 16.4. The minimum atomic E-state index is -1.00. The zero-order valence-corrected chi connectivity index (χ0v) is 19.6. The molecule has 4 saturated carbocycles. The van der Waals surface area contributed by atoms with E-state index in [-0.39, 0.29) is 16.9 Å². The van der Waals surface area contributed by atoms with Crippen molar-refractivity contribution < 1.29 is 14.7 Å². The Morgan fingerprint density at radius 2 is 1.65 bits per heavy atom. The lowest BCUT2D eigenvalue weighted by atomic mass is 9.49. The SMILES string of the molecule is O=C(O)c1ccccc1-c1ccc2c(C(=O)NCC34CC5CC(CC(C5)C3)C4)c(Cl)ccc2n1. The van der Waals surface area contributed by atoms with Crippen molar-refractivity contribution in [3.05, 3.63) is 64.7 Å². The van der Waals surface area contributed by atoms with E-state index in [9.17, 15) is 14.7 Å². The molecule has 0 unspecified atom stereocenters. The molecule has 34 heavy (non-hydrogen) atoms. The predicted octanol–water partition coefficient (Wildman–Crippen LogP) is 6.20. The van der Waals surface area contributed by atoms with Gasteiger partial charge in [0.25, 0.3) is 5.91 Å². The lowest BCUT2D eigenvalue weighted by Crippen LogP contribution is -2.51. The molecule has 3 aromatic rings. The number of aromatic nitrogens is 1. The molecule has 0 aliphatic heterocycles. The minimum absolute atomic E-state index is 0.160. The maximum Gasteiger partial charge on any atom is 0.336 e. The Morgan fingerprint density at radius 1 is 0.971 bits per heavy atom. The number of hydrogen-bond donors (Lipinski definition) is 2. The van der Waals surface area contributed by atoms with Crippen LogP contribution in [0.2, 0.25) is 5.02 Å². The number of carbonyl (C=O) groups is 2. The fourth-order valence-corrected chi connectivity index (χ4v) is 7.56. The van der Waals surface area contributed by atoms with Crippen LogP contribution in [-0.2, 0) is 0 Å². The molecule has 0 spiro atoms. The van der Waals surface area contributed by atoms with Crippen molar-refractivity contribution in [2.45, 2.75) is 38.5 Å². The molecule has 5 nitrogen and oxygen atoms in total. The Morgan fingerprint density at radius 3 is 2.32 bits per heavy atom. The molecule has 4 fully saturated rings. The minimum Gasteiger partial charge on any atom is -0.478 e. The quantitative estimate of drug-likeness (QED) is 0.461. The van der Waals surface area contributed by atoms with Crippen molar-refractivity contribution in [1.82, 2.24) is 10.3 Å². The Hall–Kier alpha value is -2.92. The zero-order valence-electron chi connectivity index (χ0n) is 18.9. The number of rotatable bonds is 5. The maximum absolute atomic E-state index is 13.4. The van der Waals surface area contributed by atoms with Crippen LogP contribution < -0.4 is 5.32 Å². The summed E-state index contributed by atoms with van der Waals surface area (Å²) in [6.07, 6.45) is 7.83. The number of nitrogens with one attached hydrogen (secondary N) is 1. The van der Waals surface area contributed by atoms with Crippen LogP contribution in [0.15, 0.2) is 48.5 Å². The summed E-state index contributed by atoms with van der Waals surface area (Å²) < 4.78 is 0. The standard InChI is InChI=1S/C28H27ClN2O3/c29-22-6-8-24-21(5-7-23(31-24)19-3-1-2-4-20(19)27(33)34)25(22)26(32)30-15-28-12-16-9-17(13-28)11-18(10-16)14-28/h1-8,16-18H,9-15H2,(H,30,32)(H,33,34). The molecule has 6 heteroatoms. The van der Waals surface area contributed by atoms with Gasteiger partial charge in [0, 0.05) is 17.5 Å². The van der Waals surface area contributed by atoms with Gasteiger partial charge in [-0.05, 0) is 92.0 Å². The molecule has 2 N–H and O–H groups in total. The van der Waals surface area contributed by atoms with Crippen molar-refractivity contribution >= 4 is 34.4 Å². The number of nitrogens with zero attached hydrogens (tertiary/aromatic N) is 1. The zero-order chi connectivity index (χ0) is 23.4. The number of amides is 1. The molecular weight excluding hydrogens is 448 g/mol. The van der Waals surface area contributed by atoms with E-state index in [0.717, 1.165) is 17.8 Å². The third kappa shape index (κ3) is 3.67. The molecule has 7 rings (SSSR count). The van der Waals surface area contributed by atoms with Crippen LogP contribution in [0, 0.1) is 23.2 Å². The Balaban J connectivity index is 1.29. The van der Waals surface area contributed by atoms with Crippen molar-refractivity contribution in [2.75, 3.05) is 6.54 Å². The molecule has 4 aliphatic carbocycles. The highest BCUT2D eigenvalue weighted by Gasteiger charge is 2.50. The van der Waals surface area contributed by atoms with E-state index >= 15 is 0 Å².